The Bertz CT molecular complexity index is 749. The van der Waals surface area contributed by atoms with Crippen molar-refractivity contribution in [2.24, 2.45) is 0 Å². The third kappa shape index (κ3) is 4.82. The van der Waals surface area contributed by atoms with E-state index in [1.807, 2.05) is 26.0 Å². The Kier molecular flexibility index (Phi) is 6.08. The lowest BCUT2D eigenvalue weighted by Crippen LogP contribution is -2.30. The Labute approximate surface area is 163 Å². The summed E-state index contributed by atoms with van der Waals surface area (Å²) in [6, 6.07) is 8.25. The molecule has 2 aromatic carbocycles. The summed E-state index contributed by atoms with van der Waals surface area (Å²) in [5, 5.41) is 20.8. The third-order valence-electron chi connectivity index (χ3n) is 5.52. The molecule has 0 spiro atoms. The first-order valence-electron chi connectivity index (χ1n) is 9.86. The first-order valence-corrected chi connectivity index (χ1v) is 9.86. The fraction of sp³-hybridized carbons (Fsp3) is 0.478. The van der Waals surface area contributed by atoms with Gasteiger partial charge in [-0.1, -0.05) is 35.4 Å². The second-order valence-corrected chi connectivity index (χ2v) is 8.08. The summed E-state index contributed by atoms with van der Waals surface area (Å²) in [7, 11) is 0. The zero-order valence-electron chi connectivity index (χ0n) is 17.0. The van der Waals surface area contributed by atoms with Crippen LogP contribution in [0.2, 0.25) is 0 Å². The molecule has 0 bridgehead atoms. The number of nitrogens with zero attached hydrogens (tertiary/aromatic N) is 2. The van der Waals surface area contributed by atoms with Gasteiger partial charge in [0.2, 0.25) is 0 Å². The molecule has 27 heavy (non-hydrogen) atoms. The Morgan fingerprint density at radius 2 is 1.07 bits per heavy atom. The minimum Gasteiger partial charge on any atom is -0.507 e. The van der Waals surface area contributed by atoms with Crippen LogP contribution in [0, 0.1) is 27.7 Å². The van der Waals surface area contributed by atoms with Gasteiger partial charge >= 0.3 is 0 Å². The van der Waals surface area contributed by atoms with Gasteiger partial charge < -0.3 is 10.2 Å². The Balaban J connectivity index is 1.64. The molecule has 1 saturated heterocycles. The lowest BCUT2D eigenvalue weighted by atomic mass is 10.0. The zero-order chi connectivity index (χ0) is 19.6. The number of hydrogen-bond acceptors (Lipinski definition) is 4. The highest BCUT2D eigenvalue weighted by molar-refractivity contribution is 5.43. The molecule has 146 valence electrons. The van der Waals surface area contributed by atoms with E-state index in [4.69, 9.17) is 0 Å². The summed E-state index contributed by atoms with van der Waals surface area (Å²) < 4.78 is 0. The van der Waals surface area contributed by atoms with E-state index in [1.54, 1.807) is 0 Å². The highest BCUT2D eigenvalue weighted by atomic mass is 16.3. The maximum absolute atomic E-state index is 10.4. The average molecular weight is 369 g/mol. The summed E-state index contributed by atoms with van der Waals surface area (Å²) in [5.74, 6) is 0.865. The van der Waals surface area contributed by atoms with Crippen LogP contribution in [-0.2, 0) is 13.1 Å². The minimum absolute atomic E-state index is 0.432. The molecule has 1 aliphatic heterocycles. The number of phenols is 2. The van der Waals surface area contributed by atoms with Crippen LogP contribution < -0.4 is 0 Å². The van der Waals surface area contributed by atoms with Crippen molar-refractivity contribution in [3.05, 3.63) is 57.6 Å². The molecule has 1 heterocycles. The lowest BCUT2D eigenvalue weighted by molar-refractivity contribution is 0.243. The molecule has 0 atom stereocenters. The van der Waals surface area contributed by atoms with Crippen LogP contribution in [0.25, 0.3) is 0 Å². The van der Waals surface area contributed by atoms with Gasteiger partial charge in [-0.2, -0.15) is 0 Å². The number of aryl methyl sites for hydroxylation is 4. The fourth-order valence-corrected chi connectivity index (χ4v) is 4.16. The van der Waals surface area contributed by atoms with Crippen molar-refractivity contribution in [1.82, 2.24) is 9.80 Å². The van der Waals surface area contributed by atoms with Gasteiger partial charge in [0.25, 0.3) is 0 Å². The van der Waals surface area contributed by atoms with E-state index >= 15 is 0 Å². The smallest absolute Gasteiger partial charge is 0.122 e. The molecule has 2 N–H and O–H groups in total. The third-order valence-corrected chi connectivity index (χ3v) is 5.52. The van der Waals surface area contributed by atoms with Crippen molar-refractivity contribution in [3.8, 4) is 11.5 Å². The quantitative estimate of drug-likeness (QED) is 0.855. The topological polar surface area (TPSA) is 46.9 Å². The van der Waals surface area contributed by atoms with E-state index in [-0.39, 0.29) is 0 Å². The Hall–Kier alpha value is -2.04. The number of aromatic hydroxyl groups is 2. The standard InChI is InChI=1S/C23H32N2O2/c1-16-10-18(3)22(26)20(12-16)14-24-6-5-7-25(9-8-24)15-21-13-17(2)11-19(4)23(21)27/h10-13,26-27H,5-9,14-15H2,1-4H3. The molecule has 4 heteroatoms. The van der Waals surface area contributed by atoms with Crippen LogP contribution in [-0.4, -0.2) is 46.2 Å². The number of rotatable bonds is 4. The van der Waals surface area contributed by atoms with Gasteiger partial charge in [-0.15, -0.1) is 0 Å². The predicted octanol–water partition coefficient (Wildman–Crippen LogP) is 4.04. The fourth-order valence-electron chi connectivity index (χ4n) is 4.16. The van der Waals surface area contributed by atoms with Crippen LogP contribution in [0.3, 0.4) is 0 Å². The second kappa shape index (κ2) is 8.32. The highest BCUT2D eigenvalue weighted by Gasteiger charge is 2.18. The van der Waals surface area contributed by atoms with Crippen LogP contribution in [0.1, 0.15) is 39.8 Å². The summed E-state index contributed by atoms with van der Waals surface area (Å²) in [5.41, 5.74) is 6.34. The Morgan fingerprint density at radius 1 is 0.667 bits per heavy atom. The molecular weight excluding hydrogens is 336 g/mol. The predicted molar refractivity (Wildman–Crippen MR) is 110 cm³/mol. The number of benzene rings is 2. The van der Waals surface area contributed by atoms with Gasteiger partial charge in [0, 0.05) is 37.3 Å². The first-order chi connectivity index (χ1) is 12.8. The van der Waals surface area contributed by atoms with Gasteiger partial charge in [-0.25, -0.2) is 0 Å². The molecule has 0 unspecified atom stereocenters. The molecule has 0 saturated carbocycles. The summed E-state index contributed by atoms with van der Waals surface area (Å²) in [4.78, 5) is 4.85. The maximum atomic E-state index is 10.4. The summed E-state index contributed by atoms with van der Waals surface area (Å²) in [6.45, 7) is 13.7. The summed E-state index contributed by atoms with van der Waals surface area (Å²) >= 11 is 0. The molecule has 2 aromatic rings. The molecule has 0 amide bonds. The highest BCUT2D eigenvalue weighted by Crippen LogP contribution is 2.27. The molecule has 1 fully saturated rings. The van der Waals surface area contributed by atoms with Crippen molar-refractivity contribution in [1.29, 1.82) is 0 Å². The van der Waals surface area contributed by atoms with Crippen molar-refractivity contribution < 1.29 is 10.2 Å². The Morgan fingerprint density at radius 3 is 1.48 bits per heavy atom. The van der Waals surface area contributed by atoms with E-state index in [9.17, 15) is 10.2 Å². The van der Waals surface area contributed by atoms with Crippen molar-refractivity contribution in [2.75, 3.05) is 26.2 Å². The van der Waals surface area contributed by atoms with Crippen molar-refractivity contribution in [3.63, 3.8) is 0 Å². The molecule has 3 rings (SSSR count). The molecule has 0 radical (unpaired) electrons. The van der Waals surface area contributed by atoms with Gasteiger partial charge in [-0.3, -0.25) is 9.80 Å². The first kappa shape index (κ1) is 19.7. The molecule has 0 aromatic heterocycles. The van der Waals surface area contributed by atoms with Gasteiger partial charge in [0.15, 0.2) is 0 Å². The largest absolute Gasteiger partial charge is 0.507 e. The summed E-state index contributed by atoms with van der Waals surface area (Å²) in [6.07, 6.45) is 1.09. The van der Waals surface area contributed by atoms with Crippen LogP contribution in [0.5, 0.6) is 11.5 Å². The van der Waals surface area contributed by atoms with E-state index in [0.717, 1.165) is 67.9 Å². The van der Waals surface area contributed by atoms with Crippen LogP contribution >= 0.6 is 0 Å². The molecule has 0 aliphatic carbocycles. The monoisotopic (exact) mass is 368 g/mol. The maximum Gasteiger partial charge on any atom is 0.122 e. The van der Waals surface area contributed by atoms with Gasteiger partial charge in [-0.05, 0) is 58.3 Å². The van der Waals surface area contributed by atoms with Crippen LogP contribution in [0.4, 0.5) is 0 Å². The lowest BCUT2D eigenvalue weighted by Gasteiger charge is -2.23. The second-order valence-electron chi connectivity index (χ2n) is 8.08. The minimum atomic E-state index is 0.432. The van der Waals surface area contributed by atoms with Crippen molar-refractivity contribution in [2.45, 2.75) is 47.2 Å². The zero-order valence-corrected chi connectivity index (χ0v) is 17.0. The van der Waals surface area contributed by atoms with Gasteiger partial charge in [0.05, 0.1) is 0 Å². The van der Waals surface area contributed by atoms with E-state index in [2.05, 4.69) is 35.8 Å². The van der Waals surface area contributed by atoms with Crippen LogP contribution in [0.15, 0.2) is 24.3 Å². The SMILES string of the molecule is Cc1cc(C)c(O)c(CN2CCCN(Cc3cc(C)cc(C)c3O)CC2)c1. The van der Waals surface area contributed by atoms with Gasteiger partial charge in [0.1, 0.15) is 11.5 Å². The molecular formula is C23H32N2O2. The molecule has 4 nitrogen and oxygen atoms in total. The molecule has 1 aliphatic rings. The normalized spacial score (nSPS) is 16.4. The number of hydrogen-bond donors (Lipinski definition) is 2. The van der Waals surface area contributed by atoms with E-state index < -0.39 is 0 Å². The van der Waals surface area contributed by atoms with Crippen molar-refractivity contribution >= 4 is 0 Å². The van der Waals surface area contributed by atoms with E-state index in [1.165, 1.54) is 11.1 Å². The van der Waals surface area contributed by atoms with E-state index in [0.29, 0.717) is 11.5 Å². The number of phenolic OH excluding ortho intramolecular Hbond substituents is 2. The average Bonchev–Trinajstić information content (AvgIpc) is 2.82.